The minimum absolute atomic E-state index is 0.207. The van der Waals surface area contributed by atoms with Crippen LogP contribution in [-0.2, 0) is 4.79 Å². The van der Waals surface area contributed by atoms with Crippen molar-refractivity contribution in [3.8, 4) is 11.8 Å². The maximum atomic E-state index is 10.5. The third-order valence-electron chi connectivity index (χ3n) is 2.37. The van der Waals surface area contributed by atoms with Gasteiger partial charge < -0.3 is 5.11 Å². The summed E-state index contributed by atoms with van der Waals surface area (Å²) in [7, 11) is 0. The molecule has 72 valence electrons. The summed E-state index contributed by atoms with van der Waals surface area (Å²) in [6.07, 6.45) is 2.35. The number of hydrogen-bond donors (Lipinski definition) is 1. The molecule has 0 aliphatic carbocycles. The Morgan fingerprint density at radius 2 is 2.46 bits per heavy atom. The van der Waals surface area contributed by atoms with Crippen LogP contribution in [0.4, 0.5) is 0 Å². The van der Waals surface area contributed by atoms with Crippen molar-refractivity contribution in [2.24, 2.45) is 0 Å². The first-order valence-corrected chi connectivity index (χ1v) is 4.59. The van der Waals surface area contributed by atoms with E-state index in [1.807, 2.05) is 6.92 Å². The summed E-state index contributed by atoms with van der Waals surface area (Å²) in [6, 6.07) is 0.207. The van der Waals surface area contributed by atoms with Gasteiger partial charge in [-0.3, -0.25) is 9.69 Å². The normalized spacial score (nSPS) is 22.4. The van der Waals surface area contributed by atoms with Crippen molar-refractivity contribution in [1.82, 2.24) is 4.90 Å². The zero-order chi connectivity index (χ0) is 9.68. The Balaban J connectivity index is 2.42. The third-order valence-corrected chi connectivity index (χ3v) is 2.37. The first kappa shape index (κ1) is 10.1. The number of rotatable bonds is 3. The van der Waals surface area contributed by atoms with Gasteiger partial charge in [-0.25, -0.2) is 0 Å². The zero-order valence-corrected chi connectivity index (χ0v) is 7.92. The highest BCUT2D eigenvalue weighted by Gasteiger charge is 2.25. The number of aliphatic carboxylic acids is 1. The van der Waals surface area contributed by atoms with E-state index in [9.17, 15) is 4.79 Å². The lowest BCUT2D eigenvalue weighted by Crippen LogP contribution is -2.31. The van der Waals surface area contributed by atoms with Gasteiger partial charge in [0.25, 0.3) is 0 Å². The minimum Gasteiger partial charge on any atom is -0.481 e. The lowest BCUT2D eigenvalue weighted by atomic mass is 10.1. The molecule has 0 aromatic carbocycles. The zero-order valence-electron chi connectivity index (χ0n) is 7.92. The summed E-state index contributed by atoms with van der Waals surface area (Å²) in [5, 5.41) is 8.65. The van der Waals surface area contributed by atoms with Crippen LogP contribution in [0, 0.1) is 11.8 Å². The summed E-state index contributed by atoms with van der Waals surface area (Å²) < 4.78 is 0. The highest BCUT2D eigenvalue weighted by molar-refractivity contribution is 5.67. The maximum Gasteiger partial charge on any atom is 0.304 e. The van der Waals surface area contributed by atoms with Gasteiger partial charge in [-0.1, -0.05) is 5.92 Å². The van der Waals surface area contributed by atoms with E-state index in [1.54, 1.807) is 0 Å². The van der Waals surface area contributed by atoms with E-state index in [-0.39, 0.29) is 12.5 Å². The Labute approximate surface area is 78.7 Å². The highest BCUT2D eigenvalue weighted by atomic mass is 16.4. The van der Waals surface area contributed by atoms with Crippen molar-refractivity contribution in [2.75, 3.05) is 13.1 Å². The fourth-order valence-electron chi connectivity index (χ4n) is 1.72. The quantitative estimate of drug-likeness (QED) is 0.659. The predicted octanol–water partition coefficient (Wildman–Crippen LogP) is 0.949. The second kappa shape index (κ2) is 4.88. The molecule has 0 spiro atoms. The van der Waals surface area contributed by atoms with Crippen molar-refractivity contribution in [3.05, 3.63) is 0 Å². The van der Waals surface area contributed by atoms with Crippen molar-refractivity contribution in [1.29, 1.82) is 0 Å². The molecule has 1 atom stereocenters. The molecule has 1 heterocycles. The first-order chi connectivity index (χ1) is 6.24. The smallest absolute Gasteiger partial charge is 0.304 e. The summed E-state index contributed by atoms with van der Waals surface area (Å²) >= 11 is 0. The van der Waals surface area contributed by atoms with Crippen LogP contribution in [-0.4, -0.2) is 35.1 Å². The second-order valence-electron chi connectivity index (χ2n) is 3.29. The second-order valence-corrected chi connectivity index (χ2v) is 3.29. The fraction of sp³-hybridized carbons (Fsp3) is 0.700. The van der Waals surface area contributed by atoms with Crippen LogP contribution < -0.4 is 0 Å². The Morgan fingerprint density at radius 1 is 1.69 bits per heavy atom. The molecular formula is C10H15NO2. The molecule has 1 N–H and O–H groups in total. The van der Waals surface area contributed by atoms with E-state index >= 15 is 0 Å². The molecule has 1 saturated heterocycles. The highest BCUT2D eigenvalue weighted by Crippen LogP contribution is 2.19. The van der Waals surface area contributed by atoms with E-state index in [1.165, 1.54) is 0 Å². The van der Waals surface area contributed by atoms with Crippen LogP contribution in [0.3, 0.4) is 0 Å². The lowest BCUT2D eigenvalue weighted by molar-refractivity contribution is -0.138. The Kier molecular flexibility index (Phi) is 3.78. The molecule has 1 aliphatic heterocycles. The lowest BCUT2D eigenvalue weighted by Gasteiger charge is -2.19. The summed E-state index contributed by atoms with van der Waals surface area (Å²) in [5.74, 6) is 5.10. The van der Waals surface area contributed by atoms with Crippen LogP contribution in [0.5, 0.6) is 0 Å². The molecule has 0 amide bonds. The molecule has 3 nitrogen and oxygen atoms in total. The molecule has 0 aromatic rings. The first-order valence-electron chi connectivity index (χ1n) is 4.59. The number of hydrogen-bond acceptors (Lipinski definition) is 2. The predicted molar refractivity (Wildman–Crippen MR) is 50.3 cm³/mol. The molecular weight excluding hydrogens is 166 g/mol. The number of likely N-dealkylation sites (tertiary alicyclic amines) is 1. The molecule has 0 aromatic heterocycles. The standard InChI is InChI=1S/C10H15NO2/c1-2-3-6-11-7-4-5-9(11)8-10(12)13/h9H,4-8H2,1H3,(H,12,13). The Hall–Kier alpha value is -1.01. The summed E-state index contributed by atoms with van der Waals surface area (Å²) in [5.41, 5.74) is 0. The van der Waals surface area contributed by atoms with Gasteiger partial charge >= 0.3 is 5.97 Å². The number of carboxylic acids is 1. The van der Waals surface area contributed by atoms with Gasteiger partial charge in [0.15, 0.2) is 0 Å². The van der Waals surface area contributed by atoms with Gasteiger partial charge in [0.1, 0.15) is 0 Å². The average molecular weight is 181 g/mol. The molecule has 1 unspecified atom stereocenters. The summed E-state index contributed by atoms with van der Waals surface area (Å²) in [4.78, 5) is 12.7. The van der Waals surface area contributed by atoms with Crippen LogP contribution >= 0.6 is 0 Å². The van der Waals surface area contributed by atoms with Gasteiger partial charge in [0.2, 0.25) is 0 Å². The molecule has 0 radical (unpaired) electrons. The topological polar surface area (TPSA) is 40.5 Å². The van der Waals surface area contributed by atoms with E-state index in [0.29, 0.717) is 6.54 Å². The molecule has 3 heteroatoms. The van der Waals surface area contributed by atoms with Crippen LogP contribution in [0.1, 0.15) is 26.2 Å². The number of nitrogens with zero attached hydrogens (tertiary/aromatic N) is 1. The molecule has 0 bridgehead atoms. The van der Waals surface area contributed by atoms with Gasteiger partial charge in [0, 0.05) is 6.04 Å². The van der Waals surface area contributed by atoms with Gasteiger partial charge in [-0.15, -0.1) is 5.92 Å². The van der Waals surface area contributed by atoms with Crippen molar-refractivity contribution in [3.63, 3.8) is 0 Å². The van der Waals surface area contributed by atoms with Crippen LogP contribution in [0.15, 0.2) is 0 Å². The number of carboxylic acid groups (broad SMARTS) is 1. The van der Waals surface area contributed by atoms with Crippen molar-refractivity contribution < 1.29 is 9.90 Å². The van der Waals surface area contributed by atoms with E-state index in [2.05, 4.69) is 16.7 Å². The van der Waals surface area contributed by atoms with E-state index in [4.69, 9.17) is 5.11 Å². The maximum absolute atomic E-state index is 10.5. The van der Waals surface area contributed by atoms with Gasteiger partial charge in [-0.05, 0) is 26.3 Å². The van der Waals surface area contributed by atoms with Crippen molar-refractivity contribution in [2.45, 2.75) is 32.2 Å². The van der Waals surface area contributed by atoms with Crippen LogP contribution in [0.2, 0.25) is 0 Å². The van der Waals surface area contributed by atoms with Crippen LogP contribution in [0.25, 0.3) is 0 Å². The van der Waals surface area contributed by atoms with E-state index in [0.717, 1.165) is 19.4 Å². The molecule has 0 saturated carbocycles. The Morgan fingerprint density at radius 3 is 3.08 bits per heavy atom. The fourth-order valence-corrected chi connectivity index (χ4v) is 1.72. The Bertz CT molecular complexity index is 239. The molecule has 1 aliphatic rings. The van der Waals surface area contributed by atoms with Crippen molar-refractivity contribution >= 4 is 5.97 Å². The molecule has 13 heavy (non-hydrogen) atoms. The minimum atomic E-state index is -0.707. The summed E-state index contributed by atoms with van der Waals surface area (Å²) in [6.45, 7) is 3.52. The molecule has 1 rings (SSSR count). The average Bonchev–Trinajstić information content (AvgIpc) is 2.48. The largest absolute Gasteiger partial charge is 0.481 e. The monoisotopic (exact) mass is 181 g/mol. The van der Waals surface area contributed by atoms with E-state index < -0.39 is 5.97 Å². The van der Waals surface area contributed by atoms with Gasteiger partial charge in [0.05, 0.1) is 13.0 Å². The third kappa shape index (κ3) is 3.08. The SMILES string of the molecule is CC#CCN1CCCC1CC(=O)O. The molecule has 1 fully saturated rings. The number of carbonyl (C=O) groups is 1. The van der Waals surface area contributed by atoms with Gasteiger partial charge in [-0.2, -0.15) is 0 Å².